The summed E-state index contributed by atoms with van der Waals surface area (Å²) in [6.45, 7) is 1.91. The van der Waals surface area contributed by atoms with Gasteiger partial charge in [0.1, 0.15) is 0 Å². The summed E-state index contributed by atoms with van der Waals surface area (Å²) < 4.78 is 1.34. The molecule has 0 saturated carbocycles. The second kappa shape index (κ2) is 3.10. The zero-order chi connectivity index (χ0) is 10.3. The van der Waals surface area contributed by atoms with Gasteiger partial charge in [-0.25, -0.2) is 4.98 Å². The van der Waals surface area contributed by atoms with Crippen molar-refractivity contribution in [3.05, 3.63) is 39.4 Å². The predicted molar refractivity (Wildman–Crippen MR) is 56.7 cm³/mol. The smallest absolute Gasteiger partial charge is 0.262 e. The molecule has 0 fully saturated rings. The fraction of sp³-hybridized carbons (Fsp3) is 0.200. The molecule has 14 heavy (non-hydrogen) atoms. The van der Waals surface area contributed by atoms with Crippen molar-refractivity contribution >= 4 is 22.5 Å². The average Bonchev–Trinajstić information content (AvgIpc) is 2.17. The third-order valence-electron chi connectivity index (χ3n) is 2.25. The van der Waals surface area contributed by atoms with Gasteiger partial charge in [-0.15, -0.1) is 0 Å². The van der Waals surface area contributed by atoms with E-state index < -0.39 is 0 Å². The first-order valence-corrected chi connectivity index (χ1v) is 4.61. The average molecular weight is 209 g/mol. The van der Waals surface area contributed by atoms with Crippen LogP contribution in [0.4, 0.5) is 0 Å². The van der Waals surface area contributed by atoms with Crippen LogP contribution in [-0.2, 0) is 7.05 Å². The Balaban J connectivity index is 3.06. The van der Waals surface area contributed by atoms with Crippen LogP contribution in [0.25, 0.3) is 10.9 Å². The van der Waals surface area contributed by atoms with Gasteiger partial charge in [-0.05, 0) is 30.2 Å². The van der Waals surface area contributed by atoms with Gasteiger partial charge in [-0.2, -0.15) is 0 Å². The molecular weight excluding hydrogens is 200 g/mol. The summed E-state index contributed by atoms with van der Waals surface area (Å²) >= 11 is 5.82. The number of para-hydroxylation sites is 1. The summed E-state index contributed by atoms with van der Waals surface area (Å²) in [5, 5.41) is 0.828. The molecule has 0 aliphatic carbocycles. The van der Waals surface area contributed by atoms with Crippen LogP contribution in [-0.4, -0.2) is 9.55 Å². The van der Waals surface area contributed by atoms with Crippen molar-refractivity contribution in [2.24, 2.45) is 7.05 Å². The van der Waals surface area contributed by atoms with Gasteiger partial charge in [0.25, 0.3) is 5.56 Å². The fourth-order valence-corrected chi connectivity index (χ4v) is 1.57. The van der Waals surface area contributed by atoms with Crippen molar-refractivity contribution in [1.82, 2.24) is 9.55 Å². The summed E-state index contributed by atoms with van der Waals surface area (Å²) in [6.07, 6.45) is 0. The van der Waals surface area contributed by atoms with E-state index in [2.05, 4.69) is 4.98 Å². The van der Waals surface area contributed by atoms with Gasteiger partial charge in [-0.3, -0.25) is 9.36 Å². The van der Waals surface area contributed by atoms with Crippen molar-refractivity contribution < 1.29 is 0 Å². The highest BCUT2D eigenvalue weighted by Gasteiger charge is 2.06. The standard InChI is InChI=1S/C10H9ClN2O/c1-6-4-3-5-7-8(6)12-10(11)13(2)9(7)14/h3-5H,1-2H3. The van der Waals surface area contributed by atoms with E-state index in [1.165, 1.54) is 4.57 Å². The molecule has 1 aromatic heterocycles. The molecular formula is C10H9ClN2O. The zero-order valence-electron chi connectivity index (χ0n) is 7.91. The Hall–Kier alpha value is -1.35. The van der Waals surface area contributed by atoms with E-state index in [4.69, 9.17) is 11.6 Å². The Kier molecular flexibility index (Phi) is 2.04. The van der Waals surface area contributed by atoms with Gasteiger partial charge in [0.2, 0.25) is 5.28 Å². The Labute approximate surface area is 86.0 Å². The molecule has 2 rings (SSSR count). The second-order valence-corrected chi connectivity index (χ2v) is 3.55. The summed E-state index contributed by atoms with van der Waals surface area (Å²) in [5.74, 6) is 0. The highest BCUT2D eigenvalue weighted by Crippen LogP contribution is 2.14. The van der Waals surface area contributed by atoms with E-state index in [-0.39, 0.29) is 10.8 Å². The molecule has 0 saturated heterocycles. The van der Waals surface area contributed by atoms with Gasteiger partial charge in [0, 0.05) is 7.05 Å². The number of benzene rings is 1. The Bertz CT molecular complexity index is 560. The lowest BCUT2D eigenvalue weighted by Crippen LogP contribution is -2.18. The van der Waals surface area contributed by atoms with Gasteiger partial charge < -0.3 is 0 Å². The van der Waals surface area contributed by atoms with Crippen molar-refractivity contribution in [2.45, 2.75) is 6.92 Å². The first-order valence-electron chi connectivity index (χ1n) is 4.23. The number of hydrogen-bond donors (Lipinski definition) is 0. The maximum absolute atomic E-state index is 11.7. The van der Waals surface area contributed by atoms with Crippen LogP contribution in [0.15, 0.2) is 23.0 Å². The molecule has 1 heterocycles. The summed E-state index contributed by atoms with van der Waals surface area (Å²) in [6, 6.07) is 5.51. The van der Waals surface area contributed by atoms with E-state index >= 15 is 0 Å². The van der Waals surface area contributed by atoms with Crippen molar-refractivity contribution in [3.8, 4) is 0 Å². The summed E-state index contributed by atoms with van der Waals surface area (Å²) in [4.78, 5) is 15.9. The molecule has 0 spiro atoms. The molecule has 0 aliphatic rings. The third-order valence-corrected chi connectivity index (χ3v) is 2.59. The Morgan fingerprint density at radius 1 is 1.43 bits per heavy atom. The maximum Gasteiger partial charge on any atom is 0.262 e. The lowest BCUT2D eigenvalue weighted by Gasteiger charge is -2.04. The maximum atomic E-state index is 11.7. The van der Waals surface area contributed by atoms with E-state index in [1.807, 2.05) is 19.1 Å². The van der Waals surface area contributed by atoms with E-state index in [0.717, 1.165) is 5.56 Å². The largest absolute Gasteiger partial charge is 0.286 e. The molecule has 2 aromatic rings. The minimum Gasteiger partial charge on any atom is -0.286 e. The number of rotatable bonds is 0. The first kappa shape index (κ1) is 9.21. The molecule has 0 aliphatic heterocycles. The SMILES string of the molecule is Cc1cccc2c(=O)n(C)c(Cl)nc12. The minimum atomic E-state index is -0.108. The van der Waals surface area contributed by atoms with Crippen molar-refractivity contribution in [1.29, 1.82) is 0 Å². The van der Waals surface area contributed by atoms with Crippen LogP contribution in [0.1, 0.15) is 5.56 Å². The first-order chi connectivity index (χ1) is 6.61. The van der Waals surface area contributed by atoms with Crippen LogP contribution >= 0.6 is 11.6 Å². The normalized spacial score (nSPS) is 10.8. The molecule has 0 radical (unpaired) electrons. The minimum absolute atomic E-state index is 0.108. The Morgan fingerprint density at radius 3 is 2.86 bits per heavy atom. The molecule has 0 bridgehead atoms. The second-order valence-electron chi connectivity index (χ2n) is 3.22. The van der Waals surface area contributed by atoms with E-state index in [0.29, 0.717) is 10.9 Å². The van der Waals surface area contributed by atoms with Crippen LogP contribution in [0.2, 0.25) is 5.28 Å². The monoisotopic (exact) mass is 208 g/mol. The fourth-order valence-electron chi connectivity index (χ4n) is 1.41. The van der Waals surface area contributed by atoms with Crippen molar-refractivity contribution in [3.63, 3.8) is 0 Å². The number of nitrogens with zero attached hydrogens (tertiary/aromatic N) is 2. The van der Waals surface area contributed by atoms with Crippen LogP contribution in [0, 0.1) is 6.92 Å². The predicted octanol–water partition coefficient (Wildman–Crippen LogP) is 1.90. The lowest BCUT2D eigenvalue weighted by molar-refractivity contribution is 0.843. The van der Waals surface area contributed by atoms with Gasteiger partial charge >= 0.3 is 0 Å². The van der Waals surface area contributed by atoms with Crippen LogP contribution in [0.5, 0.6) is 0 Å². The van der Waals surface area contributed by atoms with Gasteiger partial charge in [0.15, 0.2) is 0 Å². The Morgan fingerprint density at radius 2 is 2.14 bits per heavy atom. The van der Waals surface area contributed by atoms with Gasteiger partial charge in [0.05, 0.1) is 10.9 Å². The number of hydrogen-bond acceptors (Lipinski definition) is 2. The number of fused-ring (bicyclic) bond motifs is 1. The molecule has 4 heteroatoms. The molecule has 0 atom stereocenters. The van der Waals surface area contributed by atoms with Gasteiger partial charge in [-0.1, -0.05) is 12.1 Å². The lowest BCUT2D eigenvalue weighted by atomic mass is 10.1. The molecule has 0 unspecified atom stereocenters. The summed E-state index contributed by atoms with van der Waals surface area (Å²) in [5.41, 5.74) is 1.53. The summed E-state index contributed by atoms with van der Waals surface area (Å²) in [7, 11) is 1.61. The molecule has 72 valence electrons. The molecule has 1 aromatic carbocycles. The highest BCUT2D eigenvalue weighted by molar-refractivity contribution is 6.28. The van der Waals surface area contributed by atoms with Crippen LogP contribution < -0.4 is 5.56 Å². The highest BCUT2D eigenvalue weighted by atomic mass is 35.5. The van der Waals surface area contributed by atoms with Crippen LogP contribution in [0.3, 0.4) is 0 Å². The topological polar surface area (TPSA) is 34.9 Å². The van der Waals surface area contributed by atoms with Crippen molar-refractivity contribution in [2.75, 3.05) is 0 Å². The molecule has 0 N–H and O–H groups in total. The van der Waals surface area contributed by atoms with E-state index in [1.54, 1.807) is 13.1 Å². The number of aryl methyl sites for hydroxylation is 1. The number of halogens is 1. The number of aromatic nitrogens is 2. The molecule has 3 nitrogen and oxygen atoms in total. The quantitative estimate of drug-likeness (QED) is 0.620. The van der Waals surface area contributed by atoms with E-state index in [9.17, 15) is 4.79 Å². The zero-order valence-corrected chi connectivity index (χ0v) is 8.67. The third kappa shape index (κ3) is 1.21. The molecule has 0 amide bonds.